The minimum Gasteiger partial charge on any atom is -0.480 e. The number of carbonyl (C=O) groups excluding carboxylic acids is 1. The maximum Gasteiger partial charge on any atom is 0.326 e. The van der Waals surface area contributed by atoms with Crippen LogP contribution in [0.15, 0.2) is 71.3 Å². The van der Waals surface area contributed by atoms with Crippen molar-refractivity contribution in [2.24, 2.45) is 0 Å². The number of aromatic nitrogens is 1. The van der Waals surface area contributed by atoms with E-state index in [-0.39, 0.29) is 6.42 Å². The van der Waals surface area contributed by atoms with Gasteiger partial charge in [-0.15, -0.1) is 0 Å². The van der Waals surface area contributed by atoms with Crippen LogP contribution in [0.2, 0.25) is 0 Å². The Morgan fingerprint density at radius 1 is 1.10 bits per heavy atom. The number of benzene rings is 2. The summed E-state index contributed by atoms with van der Waals surface area (Å²) < 4.78 is 5.71. The number of aromatic amines is 1. The SMILES string of the molecule is Cc1oc(-c2ccccc2)cc1C(=O)N[C@H](Cc1c[nH]c2ccccc12)C(=O)O. The highest BCUT2D eigenvalue weighted by Gasteiger charge is 2.25. The molecule has 0 aliphatic heterocycles. The van der Waals surface area contributed by atoms with E-state index in [4.69, 9.17) is 4.42 Å². The summed E-state index contributed by atoms with van der Waals surface area (Å²) in [6, 6.07) is 17.7. The fourth-order valence-corrected chi connectivity index (χ4v) is 3.41. The summed E-state index contributed by atoms with van der Waals surface area (Å²) in [5.74, 6) is -0.553. The van der Waals surface area contributed by atoms with Crippen LogP contribution >= 0.6 is 0 Å². The standard InChI is InChI=1S/C23H20N2O4/c1-14-18(12-21(29-14)15-7-3-2-4-8-15)22(26)25-20(23(27)28)11-16-13-24-19-10-6-5-9-17(16)19/h2-10,12-13,20,24H,11H2,1H3,(H,25,26)(H,27,28)/t20-/m1/s1. The van der Waals surface area contributed by atoms with E-state index in [2.05, 4.69) is 10.3 Å². The quantitative estimate of drug-likeness (QED) is 0.462. The van der Waals surface area contributed by atoms with E-state index in [9.17, 15) is 14.7 Å². The molecule has 0 radical (unpaired) electrons. The molecule has 0 spiro atoms. The van der Waals surface area contributed by atoms with Crippen LogP contribution in [0.3, 0.4) is 0 Å². The average Bonchev–Trinajstić information content (AvgIpc) is 3.32. The number of carboxylic acids is 1. The molecule has 0 fully saturated rings. The van der Waals surface area contributed by atoms with Crippen LogP contribution in [0, 0.1) is 6.92 Å². The second-order valence-corrected chi connectivity index (χ2v) is 6.87. The molecule has 2 aromatic heterocycles. The fraction of sp³-hybridized carbons (Fsp3) is 0.130. The molecule has 2 aromatic carbocycles. The van der Waals surface area contributed by atoms with Crippen molar-refractivity contribution in [3.8, 4) is 11.3 Å². The number of aryl methyl sites for hydroxylation is 1. The number of amides is 1. The molecule has 0 aliphatic rings. The zero-order chi connectivity index (χ0) is 20.4. The second-order valence-electron chi connectivity index (χ2n) is 6.87. The van der Waals surface area contributed by atoms with Gasteiger partial charge in [0.25, 0.3) is 5.91 Å². The van der Waals surface area contributed by atoms with Gasteiger partial charge >= 0.3 is 5.97 Å². The molecule has 6 nitrogen and oxygen atoms in total. The van der Waals surface area contributed by atoms with E-state index in [1.54, 1.807) is 19.2 Å². The van der Waals surface area contributed by atoms with Crippen LogP contribution < -0.4 is 5.32 Å². The van der Waals surface area contributed by atoms with Gasteiger partial charge in [0.1, 0.15) is 17.6 Å². The number of fused-ring (bicyclic) bond motifs is 1. The molecule has 1 amide bonds. The molecule has 0 saturated carbocycles. The first-order chi connectivity index (χ1) is 14.0. The van der Waals surface area contributed by atoms with E-state index in [0.29, 0.717) is 17.1 Å². The first-order valence-electron chi connectivity index (χ1n) is 9.27. The van der Waals surface area contributed by atoms with Crippen LogP contribution in [-0.2, 0) is 11.2 Å². The zero-order valence-corrected chi connectivity index (χ0v) is 15.8. The lowest BCUT2D eigenvalue weighted by Gasteiger charge is -2.14. The van der Waals surface area contributed by atoms with Crippen molar-refractivity contribution in [3.05, 3.63) is 83.7 Å². The van der Waals surface area contributed by atoms with E-state index in [1.807, 2.05) is 54.6 Å². The van der Waals surface area contributed by atoms with Gasteiger partial charge < -0.3 is 19.8 Å². The smallest absolute Gasteiger partial charge is 0.326 e. The number of furan rings is 1. The van der Waals surface area contributed by atoms with Gasteiger partial charge in [0.05, 0.1) is 5.56 Å². The van der Waals surface area contributed by atoms with Crippen LogP contribution in [0.4, 0.5) is 0 Å². The highest BCUT2D eigenvalue weighted by atomic mass is 16.4. The third-order valence-electron chi connectivity index (χ3n) is 4.92. The predicted molar refractivity (Wildman–Crippen MR) is 110 cm³/mol. The maximum absolute atomic E-state index is 12.8. The molecular weight excluding hydrogens is 368 g/mol. The van der Waals surface area contributed by atoms with Gasteiger partial charge in [0.2, 0.25) is 0 Å². The Hall–Kier alpha value is -3.80. The Kier molecular flexibility index (Phi) is 4.91. The maximum atomic E-state index is 12.8. The van der Waals surface area contributed by atoms with Crippen molar-refractivity contribution < 1.29 is 19.1 Å². The number of aliphatic carboxylic acids is 1. The first kappa shape index (κ1) is 18.6. The van der Waals surface area contributed by atoms with Gasteiger partial charge in [-0.1, -0.05) is 48.5 Å². The lowest BCUT2D eigenvalue weighted by atomic mass is 10.0. The summed E-state index contributed by atoms with van der Waals surface area (Å²) in [6.07, 6.45) is 1.96. The molecule has 0 bridgehead atoms. The third kappa shape index (κ3) is 3.78. The van der Waals surface area contributed by atoms with Crippen LogP contribution in [-0.4, -0.2) is 28.0 Å². The third-order valence-corrected chi connectivity index (χ3v) is 4.92. The molecule has 0 unspecified atom stereocenters. The molecule has 2 heterocycles. The Morgan fingerprint density at radius 3 is 2.59 bits per heavy atom. The van der Waals surface area contributed by atoms with Gasteiger partial charge in [0.15, 0.2) is 0 Å². The Balaban J connectivity index is 1.55. The average molecular weight is 388 g/mol. The van der Waals surface area contributed by atoms with Gasteiger partial charge in [-0.05, 0) is 24.6 Å². The molecular formula is C23H20N2O4. The van der Waals surface area contributed by atoms with Crippen LogP contribution in [0.25, 0.3) is 22.2 Å². The zero-order valence-electron chi connectivity index (χ0n) is 15.8. The molecule has 1 atom stereocenters. The molecule has 4 rings (SSSR count). The summed E-state index contributed by atoms with van der Waals surface area (Å²) in [5.41, 5.74) is 2.94. The summed E-state index contributed by atoms with van der Waals surface area (Å²) in [6.45, 7) is 1.69. The van der Waals surface area contributed by atoms with Crippen molar-refractivity contribution >= 4 is 22.8 Å². The van der Waals surface area contributed by atoms with Gasteiger partial charge in [-0.3, -0.25) is 4.79 Å². The number of H-pyrrole nitrogens is 1. The summed E-state index contributed by atoms with van der Waals surface area (Å²) in [5, 5.41) is 13.2. The molecule has 4 aromatic rings. The van der Waals surface area contributed by atoms with E-state index < -0.39 is 17.9 Å². The minimum absolute atomic E-state index is 0.174. The highest BCUT2D eigenvalue weighted by Crippen LogP contribution is 2.25. The van der Waals surface area contributed by atoms with Gasteiger partial charge in [-0.2, -0.15) is 0 Å². The van der Waals surface area contributed by atoms with Gasteiger partial charge in [0, 0.05) is 29.1 Å². The van der Waals surface area contributed by atoms with E-state index in [1.165, 1.54) is 0 Å². The largest absolute Gasteiger partial charge is 0.480 e. The summed E-state index contributed by atoms with van der Waals surface area (Å²) in [4.78, 5) is 27.7. The van der Waals surface area contributed by atoms with E-state index in [0.717, 1.165) is 22.0 Å². The molecule has 3 N–H and O–H groups in total. The van der Waals surface area contributed by atoms with Crippen molar-refractivity contribution in [1.29, 1.82) is 0 Å². The summed E-state index contributed by atoms with van der Waals surface area (Å²) >= 11 is 0. The number of para-hydroxylation sites is 1. The Bertz CT molecular complexity index is 1170. The highest BCUT2D eigenvalue weighted by molar-refractivity contribution is 5.98. The van der Waals surface area contributed by atoms with Crippen molar-refractivity contribution in [2.45, 2.75) is 19.4 Å². The fourth-order valence-electron chi connectivity index (χ4n) is 3.41. The molecule has 6 heteroatoms. The number of carbonyl (C=O) groups is 2. The second kappa shape index (κ2) is 7.67. The monoisotopic (exact) mass is 388 g/mol. The number of hydrogen-bond donors (Lipinski definition) is 3. The van der Waals surface area contributed by atoms with E-state index >= 15 is 0 Å². The predicted octanol–water partition coefficient (Wildman–Crippen LogP) is 4.16. The normalized spacial score (nSPS) is 12.0. The lowest BCUT2D eigenvalue weighted by molar-refractivity contribution is -0.139. The lowest BCUT2D eigenvalue weighted by Crippen LogP contribution is -2.42. The summed E-state index contributed by atoms with van der Waals surface area (Å²) in [7, 11) is 0. The number of rotatable bonds is 6. The molecule has 29 heavy (non-hydrogen) atoms. The Morgan fingerprint density at radius 2 is 1.83 bits per heavy atom. The number of nitrogens with one attached hydrogen (secondary N) is 2. The molecule has 0 aliphatic carbocycles. The number of carboxylic acid groups (broad SMARTS) is 1. The molecule has 146 valence electrons. The molecule has 0 saturated heterocycles. The topological polar surface area (TPSA) is 95.3 Å². The van der Waals surface area contributed by atoms with Crippen LogP contribution in [0.1, 0.15) is 21.7 Å². The van der Waals surface area contributed by atoms with Crippen molar-refractivity contribution in [3.63, 3.8) is 0 Å². The van der Waals surface area contributed by atoms with Gasteiger partial charge in [-0.25, -0.2) is 4.79 Å². The minimum atomic E-state index is -1.09. The number of hydrogen-bond acceptors (Lipinski definition) is 3. The Labute approximate surface area is 167 Å². The van der Waals surface area contributed by atoms with Crippen molar-refractivity contribution in [2.75, 3.05) is 0 Å². The van der Waals surface area contributed by atoms with Crippen molar-refractivity contribution in [1.82, 2.24) is 10.3 Å². The van der Waals surface area contributed by atoms with Crippen LogP contribution in [0.5, 0.6) is 0 Å². The first-order valence-corrected chi connectivity index (χ1v) is 9.27.